The van der Waals surface area contributed by atoms with Crippen molar-refractivity contribution < 1.29 is 31.5 Å². The van der Waals surface area contributed by atoms with Gasteiger partial charge in [0.1, 0.15) is 17.2 Å². The molecule has 0 fully saturated rings. The molecule has 2 heterocycles. The summed E-state index contributed by atoms with van der Waals surface area (Å²) in [7, 11) is -7.03. The Morgan fingerprint density at radius 1 is 0.914 bits per heavy atom. The second kappa shape index (κ2) is 17.7. The molecule has 17 heteroatoms. The molecule has 3 N–H and O–H groups in total. The van der Waals surface area contributed by atoms with Gasteiger partial charge < -0.3 is 20.1 Å². The van der Waals surface area contributed by atoms with E-state index in [0.29, 0.717) is 42.5 Å². The van der Waals surface area contributed by atoms with Gasteiger partial charge in [-0.05, 0) is 131 Å². The fourth-order valence-corrected chi connectivity index (χ4v) is 8.02. The summed E-state index contributed by atoms with van der Waals surface area (Å²) in [6.07, 6.45) is 2.50. The van der Waals surface area contributed by atoms with Gasteiger partial charge in [-0.15, -0.1) is 10.2 Å². The number of ether oxygens (including phenoxy) is 1. The van der Waals surface area contributed by atoms with E-state index in [2.05, 4.69) is 25.1 Å². The number of nitrogens with one attached hydrogen (secondary N) is 2. The molecule has 0 radical (unpaired) electrons. The number of sulfonamides is 1. The molecule has 1 amide bonds. The van der Waals surface area contributed by atoms with Crippen LogP contribution in [0.2, 0.25) is 0 Å². The van der Waals surface area contributed by atoms with Crippen LogP contribution >= 0.6 is 0 Å². The number of anilines is 2. The van der Waals surface area contributed by atoms with Crippen molar-refractivity contribution >= 4 is 54.3 Å². The average Bonchev–Trinajstić information content (AvgIpc) is 3.72. The summed E-state index contributed by atoms with van der Waals surface area (Å²) in [6.45, 7) is 9.09. The molecule has 1 unspecified atom stereocenters. The predicted molar refractivity (Wildman–Crippen MR) is 224 cm³/mol. The number of aliphatic imine (C=N–C) groups is 1. The first-order valence-corrected chi connectivity index (χ1v) is 22.1. The van der Waals surface area contributed by atoms with E-state index in [9.17, 15) is 26.7 Å². The number of amides is 1. The summed E-state index contributed by atoms with van der Waals surface area (Å²) in [5.74, 6) is 1.27. The molecule has 4 aromatic carbocycles. The number of likely N-dealkylation sites (N-methyl/N-ethyl adjacent to an activating group) is 1. The maximum Gasteiger partial charge on any atom is 0.265 e. The number of aromatic nitrogens is 3. The molecule has 1 aromatic heterocycles. The van der Waals surface area contributed by atoms with E-state index in [1.165, 1.54) is 48.5 Å². The number of nitrogens with zero attached hydrogens (tertiary/aromatic N) is 6. The third kappa shape index (κ3) is 10.1. The highest BCUT2D eigenvalue weighted by Gasteiger charge is 2.26. The van der Waals surface area contributed by atoms with Crippen LogP contribution in [0.4, 0.5) is 17.1 Å². The standard InChI is InChI=1S/C41H46N8O7S2/c1-6-48(25-24-42-57(5,52)53)32-14-23-37(27(2)26-32)44-39-28(3)47-49-38(45-46-40(39)49)9-7-8-30-10-12-31(13-11-30)43-41(51)29(4)56-34-17-21-36(22-18-34)58(54,55)35-19-15-33(50)16-20-35/h10-23,26,29,42,50H,6-9,24-25H2,1-5H3,(H,43,51). The summed E-state index contributed by atoms with van der Waals surface area (Å²) in [5, 5.41) is 25.9. The minimum absolute atomic E-state index is 0.0284. The van der Waals surface area contributed by atoms with E-state index in [1.54, 1.807) is 11.6 Å². The van der Waals surface area contributed by atoms with E-state index in [0.717, 1.165) is 59.7 Å². The molecule has 15 nitrogen and oxygen atoms in total. The van der Waals surface area contributed by atoms with Crippen molar-refractivity contribution in [3.63, 3.8) is 0 Å². The van der Waals surface area contributed by atoms with E-state index in [-0.39, 0.29) is 21.4 Å². The highest BCUT2D eigenvalue weighted by Crippen LogP contribution is 2.28. The summed E-state index contributed by atoms with van der Waals surface area (Å²) in [6, 6.07) is 24.6. The first-order valence-electron chi connectivity index (χ1n) is 18.7. The summed E-state index contributed by atoms with van der Waals surface area (Å²) in [5.41, 5.74) is 5.82. The number of aryl methyl sites for hydroxylation is 3. The molecule has 0 saturated heterocycles. The minimum atomic E-state index is -3.78. The number of phenols is 1. The summed E-state index contributed by atoms with van der Waals surface area (Å²) < 4.78 is 58.8. The predicted octanol–water partition coefficient (Wildman–Crippen LogP) is 5.44. The third-order valence-corrected chi connectivity index (χ3v) is 12.0. The van der Waals surface area contributed by atoms with Crippen LogP contribution in [0.1, 0.15) is 50.0 Å². The zero-order valence-electron chi connectivity index (χ0n) is 32.9. The number of rotatable bonds is 17. The Bertz CT molecular complexity index is 2550. The third-order valence-electron chi connectivity index (χ3n) is 9.47. The van der Waals surface area contributed by atoms with Crippen molar-refractivity contribution in [2.24, 2.45) is 10.1 Å². The minimum Gasteiger partial charge on any atom is -0.508 e. The van der Waals surface area contributed by atoms with Gasteiger partial charge in [0.05, 0.1) is 27.4 Å². The smallest absolute Gasteiger partial charge is 0.265 e. The van der Waals surface area contributed by atoms with E-state index < -0.39 is 26.0 Å². The van der Waals surface area contributed by atoms with Crippen LogP contribution in [0.5, 0.6) is 11.5 Å². The number of benzene rings is 4. The Labute approximate surface area is 338 Å². The lowest BCUT2D eigenvalue weighted by atomic mass is 10.1. The number of carbonyl (C=O) groups is 1. The Balaban J connectivity index is 0.992. The second-order valence-corrected chi connectivity index (χ2v) is 17.7. The molecule has 0 saturated carbocycles. The zero-order chi connectivity index (χ0) is 41.6. The number of hydrogen-bond acceptors (Lipinski definition) is 12. The summed E-state index contributed by atoms with van der Waals surface area (Å²) >= 11 is 0. The van der Waals surface area contributed by atoms with Gasteiger partial charge in [-0.3, -0.25) is 4.79 Å². The topological polar surface area (TPSA) is 198 Å². The normalized spacial score (nSPS) is 13.9. The molecule has 1 atom stereocenters. The molecule has 5 aromatic rings. The van der Waals surface area contributed by atoms with Gasteiger partial charge in [-0.1, -0.05) is 12.1 Å². The van der Waals surface area contributed by atoms with Gasteiger partial charge in [-0.2, -0.15) is 9.78 Å². The Kier molecular flexibility index (Phi) is 12.7. The molecule has 58 heavy (non-hydrogen) atoms. The van der Waals surface area contributed by atoms with Crippen molar-refractivity contribution in [1.29, 1.82) is 0 Å². The van der Waals surface area contributed by atoms with E-state index in [4.69, 9.17) is 14.8 Å². The first kappa shape index (κ1) is 41.7. The number of aromatic hydroxyl groups is 1. The zero-order valence-corrected chi connectivity index (χ0v) is 34.5. The van der Waals surface area contributed by atoms with E-state index in [1.807, 2.05) is 63.2 Å². The maximum absolute atomic E-state index is 12.9. The highest BCUT2D eigenvalue weighted by atomic mass is 32.2. The van der Waals surface area contributed by atoms with Crippen molar-refractivity contribution in [2.45, 2.75) is 62.9 Å². The van der Waals surface area contributed by atoms with Crippen LogP contribution in [0.25, 0.3) is 0 Å². The highest BCUT2D eigenvalue weighted by molar-refractivity contribution is 7.91. The van der Waals surface area contributed by atoms with Gasteiger partial charge in [-0.25, -0.2) is 26.6 Å². The second-order valence-electron chi connectivity index (χ2n) is 13.9. The monoisotopic (exact) mass is 826 g/mol. The number of fused-ring (bicyclic) bond motifs is 1. The number of carbonyl (C=O) groups excluding carboxylic acids is 1. The van der Waals surface area contributed by atoms with Crippen LogP contribution in [-0.2, 0) is 37.5 Å². The van der Waals surface area contributed by atoms with Crippen LogP contribution in [0.15, 0.2) is 111 Å². The van der Waals surface area contributed by atoms with Gasteiger partial charge in [0, 0.05) is 37.4 Å². The van der Waals surface area contributed by atoms with Crippen molar-refractivity contribution in [1.82, 2.24) is 19.6 Å². The molecule has 6 rings (SSSR count). The SMILES string of the molecule is CCN(CCNS(C)(=O)=O)c1ccc(N=C2C(C)=Nn3c(CCCc4ccc(NC(=O)C(C)Oc5ccc(S(=O)(=O)c6ccc(O)cc6)cc5)cc4)nnc32)c(C)c1. The van der Waals surface area contributed by atoms with Gasteiger partial charge in [0.15, 0.2) is 11.9 Å². The Morgan fingerprint density at radius 3 is 2.22 bits per heavy atom. The number of phenolic OH excluding ortho intramolecular Hbond substituents is 1. The largest absolute Gasteiger partial charge is 0.508 e. The van der Waals surface area contributed by atoms with Crippen LogP contribution < -0.4 is 19.7 Å². The lowest BCUT2D eigenvalue weighted by Gasteiger charge is -2.23. The summed E-state index contributed by atoms with van der Waals surface area (Å²) in [4.78, 5) is 20.0. The molecule has 1 aliphatic rings. The van der Waals surface area contributed by atoms with Gasteiger partial charge in [0.25, 0.3) is 5.91 Å². The lowest BCUT2D eigenvalue weighted by molar-refractivity contribution is -0.122. The Morgan fingerprint density at radius 2 is 1.59 bits per heavy atom. The molecular formula is C41H46N8O7S2. The quantitative estimate of drug-likeness (QED) is 0.109. The van der Waals surface area contributed by atoms with Crippen LogP contribution in [-0.4, -0.2) is 86.1 Å². The van der Waals surface area contributed by atoms with Crippen molar-refractivity contribution in [3.8, 4) is 11.5 Å². The van der Waals surface area contributed by atoms with Gasteiger partial charge in [0.2, 0.25) is 25.7 Å². The number of sulfone groups is 1. The maximum atomic E-state index is 12.9. The van der Waals surface area contributed by atoms with Crippen molar-refractivity contribution in [3.05, 3.63) is 114 Å². The average molecular weight is 827 g/mol. The Hall–Kier alpha value is -5.91. The molecular weight excluding hydrogens is 781 g/mol. The fraction of sp³-hybridized carbons (Fsp3) is 0.293. The number of hydrogen-bond donors (Lipinski definition) is 3. The van der Waals surface area contributed by atoms with Crippen molar-refractivity contribution in [2.75, 3.05) is 36.1 Å². The van der Waals surface area contributed by atoms with E-state index >= 15 is 0 Å². The van der Waals surface area contributed by atoms with Crippen LogP contribution in [0, 0.1) is 6.92 Å². The lowest BCUT2D eigenvalue weighted by Crippen LogP contribution is -2.34. The molecule has 0 spiro atoms. The molecule has 1 aliphatic heterocycles. The van der Waals surface area contributed by atoms with Gasteiger partial charge >= 0.3 is 0 Å². The fourth-order valence-electron chi connectivity index (χ4n) is 6.29. The first-order chi connectivity index (χ1) is 27.6. The molecule has 0 aliphatic carbocycles. The molecule has 304 valence electrons. The van der Waals surface area contributed by atoms with Crippen LogP contribution in [0.3, 0.4) is 0 Å². The molecule has 0 bridgehead atoms.